The predicted molar refractivity (Wildman–Crippen MR) is 21.0 cm³/mol. The molecule has 0 heterocycles. The zero-order valence-electron chi connectivity index (χ0n) is 3.90. The first kappa shape index (κ1) is 7.17. The van der Waals surface area contributed by atoms with Crippen LogP contribution in [-0.2, 0) is 4.74 Å². The van der Waals surface area contributed by atoms with Gasteiger partial charge in [-0.3, -0.25) is 0 Å². The normalized spacial score (nSPS) is 10.2. The molecule has 8 heavy (non-hydrogen) atoms. The van der Waals surface area contributed by atoms with Gasteiger partial charge in [0.05, 0.1) is 0 Å². The molecule has 0 fully saturated rings. The summed E-state index contributed by atoms with van der Waals surface area (Å²) in [7, 11) is 0. The third-order valence-electron chi connectivity index (χ3n) is 0.330. The Bertz CT molecular complexity index is 98.8. The molecule has 0 unspecified atom stereocenters. The van der Waals surface area contributed by atoms with Crippen molar-refractivity contribution in [2.24, 2.45) is 0 Å². The summed E-state index contributed by atoms with van der Waals surface area (Å²) >= 11 is 0. The molecule has 0 rings (SSSR count). The fraction of sp³-hybridized carbons (Fsp3) is 0.667. The fourth-order valence-electron chi connectivity index (χ4n) is 0.129. The molecule has 0 aliphatic heterocycles. The second kappa shape index (κ2) is 2.47. The highest BCUT2D eigenvalue weighted by molar-refractivity contribution is 4.51. The van der Waals surface area contributed by atoms with E-state index in [0.717, 1.165) is 6.26 Å². The predicted octanol–water partition coefficient (Wildman–Crippen LogP) is -1.89. The standard InChI is InChI=1S/C3H5NO4/c4-2-8-1-3(5,6)7/h5-7H,1H2. The smallest absolute Gasteiger partial charge is 0.312 e. The third-order valence-corrected chi connectivity index (χ3v) is 0.330. The van der Waals surface area contributed by atoms with Gasteiger partial charge in [-0.1, -0.05) is 0 Å². The molecule has 0 saturated carbocycles. The number of rotatable bonds is 2. The van der Waals surface area contributed by atoms with Crippen molar-refractivity contribution in [3.8, 4) is 6.26 Å². The fourth-order valence-corrected chi connectivity index (χ4v) is 0.129. The van der Waals surface area contributed by atoms with E-state index in [1.807, 2.05) is 0 Å². The average Bonchev–Trinajstić information content (AvgIpc) is 1.59. The number of hydrogen-bond donors (Lipinski definition) is 3. The van der Waals surface area contributed by atoms with Crippen LogP contribution in [0.3, 0.4) is 0 Å². The summed E-state index contributed by atoms with van der Waals surface area (Å²) in [4.78, 5) is 0. The molecule has 0 aliphatic rings. The van der Waals surface area contributed by atoms with Crippen molar-refractivity contribution in [2.75, 3.05) is 6.61 Å². The first-order valence-electron chi connectivity index (χ1n) is 1.74. The van der Waals surface area contributed by atoms with Gasteiger partial charge < -0.3 is 20.1 Å². The van der Waals surface area contributed by atoms with Crippen molar-refractivity contribution in [3.05, 3.63) is 0 Å². The van der Waals surface area contributed by atoms with Crippen molar-refractivity contribution < 1.29 is 20.1 Å². The number of ether oxygens (including phenoxy) is 1. The summed E-state index contributed by atoms with van der Waals surface area (Å²) < 4.78 is 3.75. The monoisotopic (exact) mass is 119 g/mol. The Morgan fingerprint density at radius 1 is 1.50 bits per heavy atom. The third kappa shape index (κ3) is 5.17. The highest BCUT2D eigenvalue weighted by Crippen LogP contribution is 1.90. The molecule has 46 valence electrons. The number of aliphatic hydroxyl groups is 3. The molecule has 0 aromatic rings. The van der Waals surface area contributed by atoms with E-state index >= 15 is 0 Å². The lowest BCUT2D eigenvalue weighted by Crippen LogP contribution is -2.32. The van der Waals surface area contributed by atoms with E-state index in [1.54, 1.807) is 0 Å². The van der Waals surface area contributed by atoms with E-state index in [1.165, 1.54) is 0 Å². The first-order valence-corrected chi connectivity index (χ1v) is 1.74. The zero-order chi connectivity index (χ0) is 6.62. The molecule has 0 aromatic carbocycles. The quantitative estimate of drug-likeness (QED) is 0.292. The minimum atomic E-state index is -2.89. The van der Waals surface area contributed by atoms with Crippen LogP contribution in [0.4, 0.5) is 0 Å². The molecule has 5 heteroatoms. The van der Waals surface area contributed by atoms with Crippen molar-refractivity contribution >= 4 is 0 Å². The molecule has 0 bridgehead atoms. The van der Waals surface area contributed by atoms with Gasteiger partial charge >= 0.3 is 5.97 Å². The molecule has 0 amide bonds. The van der Waals surface area contributed by atoms with Gasteiger partial charge in [0.15, 0.2) is 6.61 Å². The molecule has 3 N–H and O–H groups in total. The highest BCUT2D eigenvalue weighted by Gasteiger charge is 2.18. The molecular weight excluding hydrogens is 114 g/mol. The Kier molecular flexibility index (Phi) is 2.21. The maximum Gasteiger partial charge on any atom is 0.312 e. The lowest BCUT2D eigenvalue weighted by atomic mass is 10.6. The Labute approximate surface area is 45.4 Å². The SMILES string of the molecule is N#COCC(O)(O)O. The van der Waals surface area contributed by atoms with Crippen LogP contribution in [0.5, 0.6) is 0 Å². The topological polar surface area (TPSA) is 93.7 Å². The summed E-state index contributed by atoms with van der Waals surface area (Å²) in [5, 5.41) is 31.6. The van der Waals surface area contributed by atoms with Crippen LogP contribution in [0.2, 0.25) is 0 Å². The van der Waals surface area contributed by atoms with Crippen molar-refractivity contribution in [1.29, 1.82) is 5.26 Å². The minimum Gasteiger partial charge on any atom is -0.419 e. The Hall–Kier alpha value is -0.830. The van der Waals surface area contributed by atoms with Crippen molar-refractivity contribution in [3.63, 3.8) is 0 Å². The summed E-state index contributed by atoms with van der Waals surface area (Å²) in [6, 6.07) is 0. The summed E-state index contributed by atoms with van der Waals surface area (Å²) in [5.74, 6) is -2.89. The molecule has 0 spiro atoms. The first-order chi connectivity index (χ1) is 3.56. The molecule has 0 aromatic heterocycles. The van der Waals surface area contributed by atoms with Crippen LogP contribution in [-0.4, -0.2) is 27.9 Å². The highest BCUT2D eigenvalue weighted by atomic mass is 16.7. The van der Waals surface area contributed by atoms with E-state index in [-0.39, 0.29) is 0 Å². The van der Waals surface area contributed by atoms with Gasteiger partial charge in [-0.15, -0.1) is 0 Å². The molecule has 0 atom stereocenters. The Balaban J connectivity index is 3.28. The van der Waals surface area contributed by atoms with Crippen molar-refractivity contribution in [1.82, 2.24) is 0 Å². The van der Waals surface area contributed by atoms with Gasteiger partial charge in [-0.05, 0) is 0 Å². The van der Waals surface area contributed by atoms with Crippen LogP contribution in [0.1, 0.15) is 0 Å². The second-order valence-electron chi connectivity index (χ2n) is 1.15. The number of hydrogen-bond acceptors (Lipinski definition) is 5. The van der Waals surface area contributed by atoms with Crippen LogP contribution in [0.15, 0.2) is 0 Å². The van der Waals surface area contributed by atoms with Crippen LogP contribution in [0.25, 0.3) is 0 Å². The zero-order valence-corrected chi connectivity index (χ0v) is 3.90. The average molecular weight is 119 g/mol. The molecule has 0 radical (unpaired) electrons. The van der Waals surface area contributed by atoms with Crippen LogP contribution < -0.4 is 0 Å². The van der Waals surface area contributed by atoms with Crippen LogP contribution >= 0.6 is 0 Å². The Morgan fingerprint density at radius 2 is 2.00 bits per heavy atom. The second-order valence-corrected chi connectivity index (χ2v) is 1.15. The summed E-state index contributed by atoms with van der Waals surface area (Å²) in [6.45, 7) is -0.830. The maximum atomic E-state index is 7.98. The molecule has 5 nitrogen and oxygen atoms in total. The summed E-state index contributed by atoms with van der Waals surface area (Å²) in [5.41, 5.74) is 0. The maximum absolute atomic E-state index is 7.98. The van der Waals surface area contributed by atoms with E-state index in [0.29, 0.717) is 0 Å². The lowest BCUT2D eigenvalue weighted by molar-refractivity contribution is -0.325. The number of nitriles is 1. The van der Waals surface area contributed by atoms with Gasteiger partial charge in [-0.2, -0.15) is 5.26 Å². The number of nitrogens with zero attached hydrogens (tertiary/aromatic N) is 1. The van der Waals surface area contributed by atoms with E-state index in [9.17, 15) is 0 Å². The van der Waals surface area contributed by atoms with Gasteiger partial charge in [-0.25, -0.2) is 0 Å². The molecule has 0 aliphatic carbocycles. The largest absolute Gasteiger partial charge is 0.419 e. The van der Waals surface area contributed by atoms with E-state index < -0.39 is 12.6 Å². The van der Waals surface area contributed by atoms with E-state index in [4.69, 9.17) is 20.6 Å². The lowest BCUT2D eigenvalue weighted by Gasteiger charge is -2.09. The van der Waals surface area contributed by atoms with Gasteiger partial charge in [0, 0.05) is 0 Å². The van der Waals surface area contributed by atoms with Crippen LogP contribution in [0, 0.1) is 11.5 Å². The minimum absolute atomic E-state index is 0.830. The molecule has 0 saturated heterocycles. The molecular formula is C3H5NO4. The van der Waals surface area contributed by atoms with Gasteiger partial charge in [0.1, 0.15) is 0 Å². The summed E-state index contributed by atoms with van der Waals surface area (Å²) in [6.07, 6.45) is 1.14. The Morgan fingerprint density at radius 3 is 2.12 bits per heavy atom. The van der Waals surface area contributed by atoms with Crippen molar-refractivity contribution in [2.45, 2.75) is 5.97 Å². The van der Waals surface area contributed by atoms with E-state index in [2.05, 4.69) is 4.74 Å². The van der Waals surface area contributed by atoms with Gasteiger partial charge in [0.25, 0.3) is 6.26 Å². The van der Waals surface area contributed by atoms with Gasteiger partial charge in [0.2, 0.25) is 0 Å².